The van der Waals surface area contributed by atoms with Gasteiger partial charge in [-0.25, -0.2) is 4.98 Å². The molecule has 0 aliphatic carbocycles. The maximum absolute atomic E-state index is 13.1. The van der Waals surface area contributed by atoms with Gasteiger partial charge in [0, 0.05) is 17.7 Å². The number of amidine groups is 1. The number of carbonyl (C=O) groups is 1. The van der Waals surface area contributed by atoms with Crippen molar-refractivity contribution < 1.29 is 4.79 Å². The van der Waals surface area contributed by atoms with E-state index in [0.717, 1.165) is 46.3 Å². The zero-order chi connectivity index (χ0) is 25.1. The van der Waals surface area contributed by atoms with Crippen molar-refractivity contribution in [2.45, 2.75) is 50.6 Å². The summed E-state index contributed by atoms with van der Waals surface area (Å²) in [4.78, 5) is 17.9. The Morgan fingerprint density at radius 3 is 2.64 bits per heavy atom. The number of nitrogens with zero attached hydrogens (tertiary/aromatic N) is 6. The Balaban J connectivity index is 1.32. The van der Waals surface area contributed by atoms with Crippen LogP contribution in [0.4, 0.5) is 0 Å². The lowest BCUT2D eigenvalue weighted by Crippen LogP contribution is -2.37. The summed E-state index contributed by atoms with van der Waals surface area (Å²) in [7, 11) is 0. The van der Waals surface area contributed by atoms with E-state index in [1.807, 2.05) is 37.3 Å². The molecule has 36 heavy (non-hydrogen) atoms. The Hall–Kier alpha value is -3.24. The molecule has 0 saturated heterocycles. The lowest BCUT2D eigenvalue weighted by atomic mass is 10.1. The molecule has 0 radical (unpaired) electrons. The molecule has 10 heteroatoms. The number of aromatic nitrogens is 4. The van der Waals surface area contributed by atoms with Gasteiger partial charge in [0.25, 0.3) is 0 Å². The number of benzene rings is 2. The maximum atomic E-state index is 13.1. The van der Waals surface area contributed by atoms with Gasteiger partial charge in [0.1, 0.15) is 5.52 Å². The van der Waals surface area contributed by atoms with Crippen LogP contribution in [0.5, 0.6) is 0 Å². The summed E-state index contributed by atoms with van der Waals surface area (Å²) in [5.74, 6) is 0.512. The number of hydrogen-bond donors (Lipinski definition) is 1. The van der Waals surface area contributed by atoms with Crippen molar-refractivity contribution in [2.24, 2.45) is 10.2 Å². The second-order valence-corrected chi connectivity index (χ2v) is 10.7. The SMILES string of the molecule is CCCn1c2ccccc2c2nnc(SC(CC)C(=O)NC3=NN=C(c4ccc(C)cc4)CS3)nc21. The molecule has 0 bridgehead atoms. The number of nitrogens with one attached hydrogen (secondary N) is 1. The van der Waals surface area contributed by atoms with Gasteiger partial charge in [-0.05, 0) is 31.4 Å². The molecule has 1 atom stereocenters. The van der Waals surface area contributed by atoms with E-state index in [2.05, 4.69) is 62.3 Å². The Morgan fingerprint density at radius 2 is 1.92 bits per heavy atom. The van der Waals surface area contributed by atoms with Crippen LogP contribution in [0.15, 0.2) is 63.9 Å². The van der Waals surface area contributed by atoms with Gasteiger partial charge in [-0.1, -0.05) is 85.4 Å². The highest BCUT2D eigenvalue weighted by atomic mass is 32.2. The van der Waals surface area contributed by atoms with Crippen molar-refractivity contribution in [1.82, 2.24) is 25.1 Å². The van der Waals surface area contributed by atoms with E-state index in [1.165, 1.54) is 29.1 Å². The van der Waals surface area contributed by atoms with E-state index in [4.69, 9.17) is 4.98 Å². The minimum Gasteiger partial charge on any atom is -0.324 e. The molecule has 1 amide bonds. The number of rotatable bonds is 7. The third-order valence-corrected chi connectivity index (χ3v) is 8.03. The second kappa shape index (κ2) is 10.8. The molecule has 1 N–H and O–H groups in total. The van der Waals surface area contributed by atoms with Crippen molar-refractivity contribution in [3.8, 4) is 0 Å². The number of thioether (sulfide) groups is 2. The Morgan fingerprint density at radius 1 is 1.11 bits per heavy atom. The molecule has 3 heterocycles. The normalized spacial score (nSPS) is 14.5. The van der Waals surface area contributed by atoms with Gasteiger partial charge in [0.05, 0.1) is 16.5 Å². The smallest absolute Gasteiger partial charge is 0.239 e. The first-order valence-corrected chi connectivity index (χ1v) is 13.9. The predicted molar refractivity (Wildman–Crippen MR) is 149 cm³/mol. The molecule has 4 aromatic rings. The van der Waals surface area contributed by atoms with Crippen molar-refractivity contribution >= 4 is 62.4 Å². The summed E-state index contributed by atoms with van der Waals surface area (Å²) >= 11 is 2.80. The summed E-state index contributed by atoms with van der Waals surface area (Å²) in [6.45, 7) is 7.01. The molecule has 0 saturated carbocycles. The molecule has 1 aliphatic rings. The third kappa shape index (κ3) is 5.01. The van der Waals surface area contributed by atoms with Crippen LogP contribution >= 0.6 is 23.5 Å². The third-order valence-electron chi connectivity index (χ3n) is 5.93. The average Bonchev–Trinajstić information content (AvgIpc) is 3.21. The van der Waals surface area contributed by atoms with Gasteiger partial charge in [-0.15, -0.1) is 15.3 Å². The van der Waals surface area contributed by atoms with Crippen LogP contribution in [0, 0.1) is 6.92 Å². The first-order chi connectivity index (χ1) is 17.6. The quantitative estimate of drug-likeness (QED) is 0.339. The summed E-state index contributed by atoms with van der Waals surface area (Å²) in [5, 5.41) is 22.0. The minimum atomic E-state index is -0.376. The number of aryl methyl sites for hydroxylation is 2. The largest absolute Gasteiger partial charge is 0.324 e. The number of carbonyl (C=O) groups excluding carboxylic acids is 1. The highest BCUT2D eigenvalue weighted by Gasteiger charge is 2.24. The highest BCUT2D eigenvalue weighted by Crippen LogP contribution is 2.29. The molecule has 5 rings (SSSR count). The highest BCUT2D eigenvalue weighted by molar-refractivity contribution is 8.14. The van der Waals surface area contributed by atoms with Crippen molar-refractivity contribution in [3.05, 3.63) is 59.7 Å². The molecule has 0 spiro atoms. The van der Waals surface area contributed by atoms with Gasteiger partial charge in [0.2, 0.25) is 11.1 Å². The van der Waals surface area contributed by atoms with Crippen LogP contribution in [0.25, 0.3) is 22.1 Å². The van der Waals surface area contributed by atoms with E-state index in [0.29, 0.717) is 22.5 Å². The van der Waals surface area contributed by atoms with Crippen LogP contribution in [0.2, 0.25) is 0 Å². The van der Waals surface area contributed by atoms with Crippen molar-refractivity contribution in [3.63, 3.8) is 0 Å². The van der Waals surface area contributed by atoms with Gasteiger partial charge < -0.3 is 9.88 Å². The van der Waals surface area contributed by atoms with Crippen molar-refractivity contribution in [2.75, 3.05) is 5.75 Å². The van der Waals surface area contributed by atoms with E-state index in [-0.39, 0.29) is 11.2 Å². The van der Waals surface area contributed by atoms with E-state index < -0.39 is 0 Å². The summed E-state index contributed by atoms with van der Waals surface area (Å²) in [6, 6.07) is 16.4. The molecule has 0 fully saturated rings. The molecule has 8 nitrogen and oxygen atoms in total. The minimum absolute atomic E-state index is 0.138. The molecule has 2 aromatic carbocycles. The number of hydrogen-bond acceptors (Lipinski definition) is 8. The summed E-state index contributed by atoms with van der Waals surface area (Å²) in [5.41, 5.74) is 5.83. The molecular formula is C26H27N7OS2. The van der Waals surface area contributed by atoms with Gasteiger partial charge in [0.15, 0.2) is 10.8 Å². The van der Waals surface area contributed by atoms with Gasteiger partial charge in [-0.2, -0.15) is 5.10 Å². The Bertz CT molecular complexity index is 1480. The van der Waals surface area contributed by atoms with Crippen molar-refractivity contribution in [1.29, 1.82) is 0 Å². The lowest BCUT2D eigenvalue weighted by molar-refractivity contribution is -0.119. The van der Waals surface area contributed by atoms with Crippen LogP contribution in [0.1, 0.15) is 37.8 Å². The van der Waals surface area contributed by atoms with E-state index in [1.54, 1.807) is 0 Å². The first kappa shape index (κ1) is 24.5. The predicted octanol–water partition coefficient (Wildman–Crippen LogP) is 5.19. The topological polar surface area (TPSA) is 97.4 Å². The Labute approximate surface area is 218 Å². The van der Waals surface area contributed by atoms with E-state index >= 15 is 0 Å². The molecule has 184 valence electrons. The maximum Gasteiger partial charge on any atom is 0.239 e. The van der Waals surface area contributed by atoms with E-state index in [9.17, 15) is 4.79 Å². The zero-order valence-electron chi connectivity index (χ0n) is 20.4. The summed E-state index contributed by atoms with van der Waals surface area (Å²) < 4.78 is 2.18. The standard InChI is InChI=1S/C26H27N7OS2/c1-4-14-33-20-9-7-6-8-18(20)22-23(33)27-26(32-30-22)36-21(5-2)24(34)28-25-31-29-19(15-35-25)17-12-10-16(3)11-13-17/h6-13,21H,4-5,14-15H2,1-3H3,(H,28,31,34). The fourth-order valence-corrected chi connectivity index (χ4v) is 5.66. The number of para-hydroxylation sites is 1. The first-order valence-electron chi connectivity index (χ1n) is 12.0. The molecule has 2 aromatic heterocycles. The molecule has 1 aliphatic heterocycles. The molecular weight excluding hydrogens is 490 g/mol. The number of amides is 1. The van der Waals surface area contributed by atoms with Gasteiger partial charge in [-0.3, -0.25) is 4.79 Å². The van der Waals surface area contributed by atoms with Gasteiger partial charge >= 0.3 is 0 Å². The van der Waals surface area contributed by atoms with Crippen LogP contribution < -0.4 is 5.32 Å². The number of fused-ring (bicyclic) bond motifs is 3. The fraction of sp³-hybridized carbons (Fsp3) is 0.308. The second-order valence-electron chi connectivity index (χ2n) is 8.55. The van der Waals surface area contributed by atoms with Crippen LogP contribution in [0.3, 0.4) is 0 Å². The zero-order valence-corrected chi connectivity index (χ0v) is 22.1. The van der Waals surface area contributed by atoms with Crippen LogP contribution in [-0.4, -0.2) is 47.5 Å². The fourth-order valence-electron chi connectivity index (χ4n) is 4.07. The summed E-state index contributed by atoms with van der Waals surface area (Å²) in [6.07, 6.45) is 1.60. The monoisotopic (exact) mass is 517 g/mol. The average molecular weight is 518 g/mol. The van der Waals surface area contributed by atoms with Crippen LogP contribution in [-0.2, 0) is 11.3 Å². The lowest BCUT2D eigenvalue weighted by Gasteiger charge is -2.16. The Kier molecular flexibility index (Phi) is 7.33. The molecule has 1 unspecified atom stereocenters.